The Labute approximate surface area is 132 Å². The highest BCUT2D eigenvalue weighted by atomic mass is 16.5. The molecule has 0 saturated carbocycles. The number of hydrogen-bond donors (Lipinski definition) is 2. The number of fused-ring (bicyclic) bond motifs is 1. The van der Waals surface area contributed by atoms with Gasteiger partial charge >= 0.3 is 0 Å². The van der Waals surface area contributed by atoms with Crippen molar-refractivity contribution in [3.63, 3.8) is 0 Å². The minimum absolute atomic E-state index is 0.0427. The Hall–Kier alpha value is -3.10. The second kappa shape index (κ2) is 6.34. The van der Waals surface area contributed by atoms with Crippen molar-refractivity contribution in [1.82, 2.24) is 4.98 Å². The highest BCUT2D eigenvalue weighted by Crippen LogP contribution is 2.30. The minimum atomic E-state index is -0.0427. The minimum Gasteiger partial charge on any atom is -0.491 e. The smallest absolute Gasteiger partial charge is 0.152 e. The lowest BCUT2D eigenvalue weighted by Gasteiger charge is -2.08. The number of aliphatic hydroxyl groups excluding tert-OH is 1. The average molecular weight is 306 g/mol. The van der Waals surface area contributed by atoms with Gasteiger partial charge < -0.3 is 14.8 Å². The first-order chi connectivity index (χ1) is 11.3. The van der Waals surface area contributed by atoms with Crippen LogP contribution in [0.4, 0.5) is 0 Å². The van der Waals surface area contributed by atoms with E-state index in [1.165, 1.54) is 0 Å². The molecule has 2 aromatic carbocycles. The number of nitrogens with zero attached hydrogens (tertiary/aromatic N) is 1. The van der Waals surface area contributed by atoms with Crippen molar-refractivity contribution in [1.29, 1.82) is 5.26 Å². The third-order valence-corrected chi connectivity index (χ3v) is 3.62. The molecule has 0 amide bonds. The van der Waals surface area contributed by atoms with E-state index in [0.717, 1.165) is 28.3 Å². The molecule has 0 aliphatic heterocycles. The highest BCUT2D eigenvalue weighted by Gasteiger charge is 2.11. The van der Waals surface area contributed by atoms with Crippen LogP contribution in [0.25, 0.3) is 22.0 Å². The number of carbonyl (C=O) groups excluding carboxylic acids is 1. The van der Waals surface area contributed by atoms with Gasteiger partial charge in [0, 0.05) is 28.2 Å². The predicted molar refractivity (Wildman–Crippen MR) is 86.4 cm³/mol. The molecular weight excluding hydrogens is 292 g/mol. The van der Waals surface area contributed by atoms with Gasteiger partial charge in [0.05, 0.1) is 18.2 Å². The number of rotatable bonds is 5. The summed E-state index contributed by atoms with van der Waals surface area (Å²) in [5, 5.41) is 18.9. The van der Waals surface area contributed by atoms with Gasteiger partial charge in [-0.15, -0.1) is 0 Å². The van der Waals surface area contributed by atoms with Crippen LogP contribution in [0.3, 0.4) is 0 Å². The van der Waals surface area contributed by atoms with E-state index < -0.39 is 0 Å². The SMILES string of the molecule is N#Cc1cc2[nH]cc(C=O)c2cc1-c1ccc(OCCO)cc1. The number of nitrogens with one attached hydrogen (secondary N) is 1. The Bertz CT molecular complexity index is 889. The first-order valence-corrected chi connectivity index (χ1v) is 7.11. The fourth-order valence-electron chi connectivity index (χ4n) is 2.51. The normalized spacial score (nSPS) is 10.4. The standard InChI is InChI=1S/C18H14N2O3/c19-9-13-7-18-17(14(11-22)10-20-18)8-16(13)12-1-3-15(4-2-12)23-6-5-21/h1-4,7-8,10-11,20-21H,5-6H2. The number of aldehydes is 1. The number of H-pyrrole nitrogens is 1. The molecule has 0 radical (unpaired) electrons. The summed E-state index contributed by atoms with van der Waals surface area (Å²) in [5.41, 5.74) is 3.47. The summed E-state index contributed by atoms with van der Waals surface area (Å²) in [4.78, 5) is 14.1. The van der Waals surface area contributed by atoms with Crippen LogP contribution in [0, 0.1) is 11.3 Å². The quantitative estimate of drug-likeness (QED) is 0.710. The number of ether oxygens (including phenoxy) is 1. The maximum Gasteiger partial charge on any atom is 0.152 e. The Morgan fingerprint density at radius 1 is 1.26 bits per heavy atom. The molecule has 0 aliphatic rings. The molecule has 1 heterocycles. The number of aromatic amines is 1. The van der Waals surface area contributed by atoms with E-state index in [-0.39, 0.29) is 13.2 Å². The summed E-state index contributed by atoms with van der Waals surface area (Å²) in [7, 11) is 0. The molecule has 0 atom stereocenters. The topological polar surface area (TPSA) is 86.1 Å². The average Bonchev–Trinajstić information content (AvgIpc) is 3.01. The maximum absolute atomic E-state index is 11.1. The van der Waals surface area contributed by atoms with Crippen molar-refractivity contribution in [2.75, 3.05) is 13.2 Å². The Kier molecular flexibility index (Phi) is 4.09. The van der Waals surface area contributed by atoms with Crippen LogP contribution < -0.4 is 4.74 Å². The molecule has 0 spiro atoms. The Morgan fingerprint density at radius 3 is 2.70 bits per heavy atom. The summed E-state index contributed by atoms with van der Waals surface area (Å²) < 4.78 is 5.33. The third-order valence-electron chi connectivity index (χ3n) is 3.62. The number of aromatic nitrogens is 1. The van der Waals surface area contributed by atoms with Crippen molar-refractivity contribution in [2.24, 2.45) is 0 Å². The first kappa shape index (κ1) is 14.8. The van der Waals surface area contributed by atoms with Crippen LogP contribution in [0.1, 0.15) is 15.9 Å². The van der Waals surface area contributed by atoms with Gasteiger partial charge in [-0.3, -0.25) is 4.79 Å². The molecule has 0 bridgehead atoms. The van der Waals surface area contributed by atoms with Crippen molar-refractivity contribution in [3.8, 4) is 22.9 Å². The van der Waals surface area contributed by atoms with E-state index in [1.807, 2.05) is 18.2 Å². The molecule has 0 unspecified atom stereocenters. The van der Waals surface area contributed by atoms with Gasteiger partial charge in [-0.25, -0.2) is 0 Å². The second-order valence-electron chi connectivity index (χ2n) is 5.01. The molecule has 0 aliphatic carbocycles. The van der Waals surface area contributed by atoms with Crippen molar-refractivity contribution in [2.45, 2.75) is 0 Å². The van der Waals surface area contributed by atoms with Gasteiger partial charge in [-0.05, 0) is 29.8 Å². The van der Waals surface area contributed by atoms with Crippen LogP contribution in [-0.2, 0) is 0 Å². The first-order valence-electron chi connectivity index (χ1n) is 7.11. The van der Waals surface area contributed by atoms with E-state index in [1.54, 1.807) is 24.4 Å². The fourth-order valence-corrected chi connectivity index (χ4v) is 2.51. The molecule has 1 aromatic heterocycles. The Morgan fingerprint density at radius 2 is 2.04 bits per heavy atom. The van der Waals surface area contributed by atoms with Crippen LogP contribution in [0.15, 0.2) is 42.6 Å². The molecule has 0 saturated heterocycles. The van der Waals surface area contributed by atoms with Crippen LogP contribution in [-0.4, -0.2) is 29.6 Å². The van der Waals surface area contributed by atoms with Crippen molar-refractivity contribution < 1.29 is 14.6 Å². The van der Waals surface area contributed by atoms with Gasteiger partial charge in [0.2, 0.25) is 0 Å². The highest BCUT2D eigenvalue weighted by molar-refractivity contribution is 6.00. The largest absolute Gasteiger partial charge is 0.491 e. The second-order valence-corrected chi connectivity index (χ2v) is 5.01. The summed E-state index contributed by atoms with van der Waals surface area (Å²) in [5.74, 6) is 0.651. The van der Waals surface area contributed by atoms with Gasteiger partial charge in [0.15, 0.2) is 6.29 Å². The fraction of sp³-hybridized carbons (Fsp3) is 0.111. The van der Waals surface area contributed by atoms with Gasteiger partial charge in [-0.1, -0.05) is 12.1 Å². The maximum atomic E-state index is 11.1. The summed E-state index contributed by atoms with van der Waals surface area (Å²) in [6, 6.07) is 13.0. The van der Waals surface area contributed by atoms with Crippen LogP contribution in [0.5, 0.6) is 5.75 Å². The predicted octanol–water partition coefficient (Wildman–Crippen LogP) is 2.89. The lowest BCUT2D eigenvalue weighted by Crippen LogP contribution is -2.01. The third kappa shape index (κ3) is 2.80. The molecule has 114 valence electrons. The van der Waals surface area contributed by atoms with Crippen LogP contribution in [0.2, 0.25) is 0 Å². The summed E-state index contributed by atoms with van der Waals surface area (Å²) in [6.07, 6.45) is 2.43. The lowest BCUT2D eigenvalue weighted by atomic mass is 9.97. The van der Waals surface area contributed by atoms with E-state index in [4.69, 9.17) is 9.84 Å². The molecule has 3 rings (SSSR count). The lowest BCUT2D eigenvalue weighted by molar-refractivity contribution is 0.112. The van der Waals surface area contributed by atoms with Crippen molar-refractivity contribution >= 4 is 17.2 Å². The molecule has 5 nitrogen and oxygen atoms in total. The molecular formula is C18H14N2O3. The summed E-state index contributed by atoms with van der Waals surface area (Å²) >= 11 is 0. The van der Waals surface area contributed by atoms with Crippen LogP contribution >= 0.6 is 0 Å². The zero-order valence-electron chi connectivity index (χ0n) is 12.2. The number of carbonyl (C=O) groups is 1. The van der Waals surface area contributed by atoms with Gasteiger partial charge in [0.1, 0.15) is 12.4 Å². The van der Waals surface area contributed by atoms with Gasteiger partial charge in [0.25, 0.3) is 0 Å². The van der Waals surface area contributed by atoms with E-state index >= 15 is 0 Å². The molecule has 3 aromatic rings. The molecule has 23 heavy (non-hydrogen) atoms. The zero-order valence-corrected chi connectivity index (χ0v) is 12.2. The summed E-state index contributed by atoms with van der Waals surface area (Å²) in [6.45, 7) is 0.194. The van der Waals surface area contributed by atoms with E-state index in [2.05, 4.69) is 11.1 Å². The monoisotopic (exact) mass is 306 g/mol. The zero-order chi connectivity index (χ0) is 16.2. The van der Waals surface area contributed by atoms with E-state index in [9.17, 15) is 10.1 Å². The molecule has 5 heteroatoms. The van der Waals surface area contributed by atoms with E-state index in [0.29, 0.717) is 16.9 Å². The number of aliphatic hydroxyl groups is 1. The number of hydrogen-bond acceptors (Lipinski definition) is 4. The molecule has 0 fully saturated rings. The molecule has 2 N–H and O–H groups in total. The number of benzene rings is 2. The number of nitriles is 1. The van der Waals surface area contributed by atoms with Crippen molar-refractivity contribution in [3.05, 3.63) is 53.7 Å². The van der Waals surface area contributed by atoms with Gasteiger partial charge in [-0.2, -0.15) is 5.26 Å². The Balaban J connectivity index is 2.07.